The van der Waals surface area contributed by atoms with Gasteiger partial charge in [0.1, 0.15) is 0 Å². The summed E-state index contributed by atoms with van der Waals surface area (Å²) in [5, 5.41) is 5.86. The van der Waals surface area contributed by atoms with E-state index in [0.29, 0.717) is 0 Å². The van der Waals surface area contributed by atoms with Crippen LogP contribution in [-0.2, 0) is 4.79 Å². The number of para-hydroxylation sites is 1. The third kappa shape index (κ3) is 5.04. The van der Waals surface area contributed by atoms with Crippen LogP contribution in [0.4, 0.5) is 5.69 Å². The van der Waals surface area contributed by atoms with Crippen molar-refractivity contribution < 1.29 is 4.79 Å². The van der Waals surface area contributed by atoms with Gasteiger partial charge in [-0.25, -0.2) is 0 Å². The highest BCUT2D eigenvalue weighted by molar-refractivity contribution is 7.90. The molecule has 0 aromatic heterocycles. The number of benzene rings is 4. The zero-order valence-corrected chi connectivity index (χ0v) is 17.9. The predicted molar refractivity (Wildman–Crippen MR) is 134 cm³/mol. The summed E-state index contributed by atoms with van der Waals surface area (Å²) in [4.78, 5) is 13.1. The van der Waals surface area contributed by atoms with Crippen molar-refractivity contribution in [3.63, 3.8) is 0 Å². The van der Waals surface area contributed by atoms with Crippen LogP contribution in [0.1, 0.15) is 5.56 Å². The summed E-state index contributed by atoms with van der Waals surface area (Å²) < 4.78 is 0. The molecule has 3 heteroatoms. The highest BCUT2D eigenvalue weighted by Gasteiger charge is 2.24. The van der Waals surface area contributed by atoms with E-state index in [-0.39, 0.29) is 5.78 Å². The van der Waals surface area contributed by atoms with Gasteiger partial charge in [0.05, 0.1) is 0 Å². The fourth-order valence-electron chi connectivity index (χ4n) is 3.37. The Labute approximate surface area is 183 Å². The number of hydrogen-bond donors (Lipinski definition) is 1. The molecule has 0 aliphatic rings. The van der Waals surface area contributed by atoms with Crippen LogP contribution in [0.5, 0.6) is 0 Å². The molecule has 31 heavy (non-hydrogen) atoms. The van der Waals surface area contributed by atoms with Crippen molar-refractivity contribution in [1.82, 2.24) is 0 Å². The molecule has 2 nitrogen and oxygen atoms in total. The van der Waals surface area contributed by atoms with Crippen LogP contribution >= 0.6 is 7.04 Å². The van der Waals surface area contributed by atoms with E-state index in [1.165, 1.54) is 0 Å². The van der Waals surface area contributed by atoms with Crippen LogP contribution in [0.25, 0.3) is 0 Å². The van der Waals surface area contributed by atoms with Crippen LogP contribution in [0.15, 0.2) is 121 Å². The molecule has 0 atom stereocenters. The Bertz CT molecular complexity index is 1210. The minimum Gasteiger partial charge on any atom is -0.359 e. The van der Waals surface area contributed by atoms with Gasteiger partial charge in [-0.3, -0.25) is 4.79 Å². The molecular weight excluding hydrogens is 397 g/mol. The van der Waals surface area contributed by atoms with Crippen LogP contribution in [0.2, 0.25) is 0 Å². The number of nitrogens with one attached hydrogen (secondary N) is 1. The van der Waals surface area contributed by atoms with E-state index in [4.69, 9.17) is 0 Å². The van der Waals surface area contributed by atoms with Gasteiger partial charge in [0.2, 0.25) is 5.78 Å². The lowest BCUT2D eigenvalue weighted by Gasteiger charge is -2.29. The number of hydrogen-bond acceptors (Lipinski definition) is 2. The summed E-state index contributed by atoms with van der Waals surface area (Å²) in [6.07, 6.45) is 0. The quantitative estimate of drug-likeness (QED) is 0.360. The molecule has 4 rings (SSSR count). The SMILES string of the molecule is O=C(C#Cc1ccccc1)C=P(Nc1ccccc1)(c1ccccc1)c1ccccc1. The van der Waals surface area contributed by atoms with Crippen molar-refractivity contribution in [3.8, 4) is 11.8 Å². The molecule has 0 radical (unpaired) electrons. The van der Waals surface area contributed by atoms with Gasteiger partial charge >= 0.3 is 0 Å². The summed E-state index contributed by atoms with van der Waals surface area (Å²) in [6.45, 7) is 0. The molecule has 0 fully saturated rings. The zero-order valence-electron chi connectivity index (χ0n) is 17.0. The first kappa shape index (κ1) is 20.5. The van der Waals surface area contributed by atoms with Crippen LogP contribution in [0.3, 0.4) is 0 Å². The zero-order chi connectivity index (χ0) is 21.4. The van der Waals surface area contributed by atoms with E-state index in [0.717, 1.165) is 21.9 Å². The second-order valence-electron chi connectivity index (χ2n) is 6.98. The van der Waals surface area contributed by atoms with Crippen LogP contribution < -0.4 is 15.7 Å². The number of carbonyl (C=O) groups excluding carboxylic acids is 1. The highest BCUT2D eigenvalue weighted by Crippen LogP contribution is 2.44. The van der Waals surface area contributed by atoms with Crippen molar-refractivity contribution >= 4 is 34.9 Å². The Morgan fingerprint density at radius 3 is 1.61 bits per heavy atom. The second-order valence-corrected chi connectivity index (χ2v) is 9.94. The molecule has 4 aromatic rings. The van der Waals surface area contributed by atoms with Crippen molar-refractivity contribution in [2.24, 2.45) is 0 Å². The minimum atomic E-state index is -2.43. The summed E-state index contributed by atoms with van der Waals surface area (Å²) in [5.74, 6) is 7.41. The number of rotatable bonds is 5. The lowest BCUT2D eigenvalue weighted by atomic mass is 10.2. The molecule has 150 valence electrons. The molecule has 0 heterocycles. The van der Waals surface area contributed by atoms with Gasteiger partial charge in [0, 0.05) is 24.1 Å². The van der Waals surface area contributed by atoms with Crippen LogP contribution in [-0.4, -0.2) is 11.6 Å². The third-order valence-electron chi connectivity index (χ3n) is 4.82. The van der Waals surface area contributed by atoms with Gasteiger partial charge in [0.15, 0.2) is 0 Å². The maximum atomic E-state index is 13.1. The molecule has 0 spiro atoms. The molecule has 0 saturated carbocycles. The number of ketones is 1. The van der Waals surface area contributed by atoms with Gasteiger partial charge in [-0.05, 0) is 40.8 Å². The maximum Gasteiger partial charge on any atom is 0.231 e. The summed E-state index contributed by atoms with van der Waals surface area (Å²) >= 11 is 0. The fourth-order valence-corrected chi connectivity index (χ4v) is 6.54. The average Bonchev–Trinajstić information content (AvgIpc) is 2.85. The average molecular weight is 419 g/mol. The van der Waals surface area contributed by atoms with Gasteiger partial charge in [-0.2, -0.15) is 0 Å². The fraction of sp³-hybridized carbons (Fsp3) is 0. The Balaban J connectivity index is 1.89. The Morgan fingerprint density at radius 2 is 1.10 bits per heavy atom. The molecule has 0 aliphatic heterocycles. The Kier molecular flexibility index (Phi) is 6.48. The summed E-state index contributed by atoms with van der Waals surface area (Å²) in [5.41, 5.74) is 1.78. The third-order valence-corrected chi connectivity index (χ3v) is 8.28. The van der Waals surface area contributed by atoms with E-state index < -0.39 is 7.04 Å². The van der Waals surface area contributed by atoms with Crippen molar-refractivity contribution in [3.05, 3.63) is 127 Å². The second kappa shape index (κ2) is 9.81. The summed E-state index contributed by atoms with van der Waals surface area (Å²) in [7, 11) is -2.43. The Morgan fingerprint density at radius 1 is 0.645 bits per heavy atom. The smallest absolute Gasteiger partial charge is 0.231 e. The van der Waals surface area contributed by atoms with E-state index in [1.807, 2.05) is 97.1 Å². The van der Waals surface area contributed by atoms with Gasteiger partial charge in [-0.15, -0.1) is 0 Å². The van der Waals surface area contributed by atoms with E-state index in [9.17, 15) is 4.79 Å². The van der Waals surface area contributed by atoms with Crippen molar-refractivity contribution in [2.45, 2.75) is 0 Å². The first-order valence-corrected chi connectivity index (χ1v) is 11.9. The molecule has 0 saturated heterocycles. The molecule has 0 amide bonds. The molecule has 0 bridgehead atoms. The molecule has 1 N–H and O–H groups in total. The van der Waals surface area contributed by atoms with Gasteiger partial charge < -0.3 is 5.09 Å². The molecule has 4 aromatic carbocycles. The monoisotopic (exact) mass is 419 g/mol. The van der Waals surface area contributed by atoms with Gasteiger partial charge in [-0.1, -0.05) is 103 Å². The Hall–Kier alpha value is -3.79. The van der Waals surface area contributed by atoms with E-state index in [2.05, 4.69) is 41.2 Å². The van der Waals surface area contributed by atoms with E-state index in [1.54, 1.807) is 5.80 Å². The van der Waals surface area contributed by atoms with Gasteiger partial charge in [0.25, 0.3) is 0 Å². The normalized spacial score (nSPS) is 10.5. The standard InChI is InChI=1S/C28H22NOP/c30-26(22-21-24-13-5-1-6-14-24)23-31(27-17-9-3-10-18-27,28-19-11-4-12-20-28)29-25-15-7-2-8-16-25/h1-20,23,29H. The number of anilines is 1. The van der Waals surface area contributed by atoms with E-state index >= 15 is 0 Å². The number of Topliss-reactive ketones (excluding diaryl/α,β-unsaturated/α-hetero) is 1. The lowest BCUT2D eigenvalue weighted by Crippen LogP contribution is -2.25. The van der Waals surface area contributed by atoms with Crippen LogP contribution in [0, 0.1) is 11.8 Å². The predicted octanol–water partition coefficient (Wildman–Crippen LogP) is 5.11. The molecule has 0 unspecified atom stereocenters. The number of carbonyl (C=O) groups is 1. The van der Waals surface area contributed by atoms with Crippen molar-refractivity contribution in [1.29, 1.82) is 0 Å². The molecular formula is C28H22NOP. The first-order chi connectivity index (χ1) is 15.3. The van der Waals surface area contributed by atoms with Crippen molar-refractivity contribution in [2.75, 3.05) is 5.09 Å². The largest absolute Gasteiger partial charge is 0.359 e. The first-order valence-electron chi connectivity index (χ1n) is 10.1. The summed E-state index contributed by atoms with van der Waals surface area (Å²) in [6, 6.07) is 39.9. The minimum absolute atomic E-state index is 0.201. The molecule has 0 aliphatic carbocycles. The topological polar surface area (TPSA) is 29.1 Å². The maximum absolute atomic E-state index is 13.1. The highest BCUT2D eigenvalue weighted by atomic mass is 31.2. The lowest BCUT2D eigenvalue weighted by molar-refractivity contribution is -0.107.